The maximum Gasteiger partial charge on any atom is 0.412 e. The van der Waals surface area contributed by atoms with Crippen LogP contribution in [0, 0.1) is 0 Å². The lowest BCUT2D eigenvalue weighted by atomic mass is 9.80. The smallest absolute Gasteiger partial charge is 0.412 e. The minimum atomic E-state index is -0.466. The molecule has 1 aliphatic carbocycles. The van der Waals surface area contributed by atoms with Gasteiger partial charge in [0.2, 0.25) is 0 Å². The predicted octanol–water partition coefficient (Wildman–Crippen LogP) is 3.50. The van der Waals surface area contributed by atoms with Crippen LogP contribution in [0.2, 0.25) is 0 Å². The van der Waals surface area contributed by atoms with E-state index in [-0.39, 0.29) is 6.09 Å². The maximum absolute atomic E-state index is 12.0. The quantitative estimate of drug-likeness (QED) is 0.902. The summed E-state index contributed by atoms with van der Waals surface area (Å²) in [5.74, 6) is 0. The van der Waals surface area contributed by atoms with E-state index in [0.717, 1.165) is 43.6 Å². The molecule has 0 aromatic heterocycles. The van der Waals surface area contributed by atoms with Crippen molar-refractivity contribution in [2.45, 2.75) is 56.3 Å². The van der Waals surface area contributed by atoms with Crippen LogP contribution in [-0.2, 0) is 15.1 Å². The molecule has 1 spiro atoms. The number of rotatable bonds is 2. The van der Waals surface area contributed by atoms with E-state index in [1.807, 2.05) is 25.3 Å². The number of ether oxygens (including phenoxy) is 2. The Morgan fingerprint density at radius 3 is 2.75 bits per heavy atom. The number of hydrogen-bond donors (Lipinski definition) is 1. The molecule has 0 radical (unpaired) electrons. The van der Waals surface area contributed by atoms with Gasteiger partial charge in [0.05, 0.1) is 11.8 Å². The lowest BCUT2D eigenvalue weighted by molar-refractivity contribution is -0.0729. The molecule has 1 amide bonds. The lowest BCUT2D eigenvalue weighted by Crippen LogP contribution is -2.54. The summed E-state index contributed by atoms with van der Waals surface area (Å²) in [5.41, 5.74) is 1.55. The molecule has 0 bridgehead atoms. The third-order valence-corrected chi connectivity index (χ3v) is 5.99. The van der Waals surface area contributed by atoms with Crippen LogP contribution in [0.15, 0.2) is 24.3 Å². The summed E-state index contributed by atoms with van der Waals surface area (Å²) in [5, 5.41) is 2.83. The second kappa shape index (κ2) is 6.37. The Balaban J connectivity index is 1.52. The molecule has 1 aromatic carbocycles. The monoisotopic (exact) mass is 330 g/mol. The normalized spacial score (nSPS) is 29.6. The molecule has 2 atom stereocenters. The van der Waals surface area contributed by atoms with E-state index in [1.54, 1.807) is 0 Å². The highest BCUT2D eigenvalue weighted by molar-refractivity contribution is 5.88. The van der Waals surface area contributed by atoms with Crippen LogP contribution in [0.3, 0.4) is 0 Å². The molecular weight excluding hydrogens is 304 g/mol. The van der Waals surface area contributed by atoms with Crippen molar-refractivity contribution in [3.05, 3.63) is 29.8 Å². The largest absolute Gasteiger partial charge is 0.438 e. The van der Waals surface area contributed by atoms with Gasteiger partial charge in [-0.05, 0) is 18.9 Å². The van der Waals surface area contributed by atoms with Gasteiger partial charge in [-0.1, -0.05) is 31.0 Å². The van der Waals surface area contributed by atoms with Gasteiger partial charge in [0.25, 0.3) is 0 Å². The number of carbonyl (C=O) groups is 1. The number of nitrogens with zero attached hydrogens (tertiary/aromatic N) is 1. The third kappa shape index (κ3) is 2.70. The van der Waals surface area contributed by atoms with Crippen LogP contribution < -0.4 is 5.32 Å². The molecule has 5 heteroatoms. The molecule has 1 saturated carbocycles. The lowest BCUT2D eigenvalue weighted by Gasteiger charge is -2.48. The molecule has 130 valence electrons. The Morgan fingerprint density at radius 2 is 1.96 bits per heavy atom. The molecule has 1 saturated heterocycles. The van der Waals surface area contributed by atoms with E-state index in [0.29, 0.717) is 12.1 Å². The molecule has 24 heavy (non-hydrogen) atoms. The van der Waals surface area contributed by atoms with Crippen molar-refractivity contribution < 1.29 is 14.3 Å². The van der Waals surface area contributed by atoms with Gasteiger partial charge in [-0.3, -0.25) is 10.2 Å². The zero-order valence-electron chi connectivity index (χ0n) is 14.3. The number of methoxy groups -OCH3 is 1. The molecule has 5 nitrogen and oxygen atoms in total. The van der Waals surface area contributed by atoms with Gasteiger partial charge < -0.3 is 9.47 Å². The molecule has 3 aliphatic rings. The zero-order valence-corrected chi connectivity index (χ0v) is 14.3. The number of amides is 1. The first kappa shape index (κ1) is 15.9. The predicted molar refractivity (Wildman–Crippen MR) is 92.1 cm³/mol. The van der Waals surface area contributed by atoms with E-state index in [2.05, 4.69) is 16.3 Å². The zero-order chi connectivity index (χ0) is 16.6. The Hall–Kier alpha value is -1.59. The summed E-state index contributed by atoms with van der Waals surface area (Å²) in [4.78, 5) is 14.6. The molecule has 2 unspecified atom stereocenters. The Bertz CT molecular complexity index is 610. The molecule has 1 N–H and O–H groups in total. The topological polar surface area (TPSA) is 50.8 Å². The fourth-order valence-corrected chi connectivity index (χ4v) is 4.72. The van der Waals surface area contributed by atoms with Crippen LogP contribution in [-0.4, -0.2) is 43.3 Å². The Morgan fingerprint density at radius 1 is 1.21 bits per heavy atom. The third-order valence-electron chi connectivity index (χ3n) is 5.99. The second-order valence-electron chi connectivity index (χ2n) is 7.22. The van der Waals surface area contributed by atoms with Crippen molar-refractivity contribution in [1.29, 1.82) is 0 Å². The minimum Gasteiger partial charge on any atom is -0.438 e. The standard InChI is InChI=1S/C19H26N2O3/c1-23-17-9-5-4-8-16(17)21-12-10-19(11-13-21)14-6-2-3-7-15(14)20-18(22)24-19/h2-3,6-7,16-17H,4-5,8-13H2,1H3,(H,20,22). The van der Waals surface area contributed by atoms with Gasteiger partial charge in [-0.2, -0.15) is 0 Å². The van der Waals surface area contributed by atoms with Crippen LogP contribution in [0.1, 0.15) is 44.1 Å². The van der Waals surface area contributed by atoms with Crippen molar-refractivity contribution in [3.8, 4) is 0 Å². The van der Waals surface area contributed by atoms with Crippen LogP contribution >= 0.6 is 0 Å². The van der Waals surface area contributed by atoms with Crippen molar-refractivity contribution in [2.75, 3.05) is 25.5 Å². The first-order valence-electron chi connectivity index (χ1n) is 9.08. The van der Waals surface area contributed by atoms with Crippen LogP contribution in [0.5, 0.6) is 0 Å². The number of nitrogens with one attached hydrogen (secondary N) is 1. The minimum absolute atomic E-state index is 0.324. The maximum atomic E-state index is 12.0. The van der Waals surface area contributed by atoms with E-state index >= 15 is 0 Å². The van der Waals surface area contributed by atoms with E-state index in [1.165, 1.54) is 19.3 Å². The summed E-state index contributed by atoms with van der Waals surface area (Å²) < 4.78 is 11.6. The van der Waals surface area contributed by atoms with Gasteiger partial charge >= 0.3 is 6.09 Å². The van der Waals surface area contributed by atoms with E-state index in [9.17, 15) is 4.79 Å². The van der Waals surface area contributed by atoms with Crippen molar-refractivity contribution in [1.82, 2.24) is 4.90 Å². The molecule has 2 aliphatic heterocycles. The number of para-hydroxylation sites is 1. The number of carbonyl (C=O) groups excluding carboxylic acids is 1. The van der Waals surface area contributed by atoms with Gasteiger partial charge in [-0.25, -0.2) is 4.79 Å². The highest BCUT2D eigenvalue weighted by atomic mass is 16.6. The molecular formula is C19H26N2O3. The number of benzene rings is 1. The number of piperidine rings is 1. The van der Waals surface area contributed by atoms with Crippen molar-refractivity contribution in [3.63, 3.8) is 0 Å². The number of fused-ring (bicyclic) bond motifs is 2. The summed E-state index contributed by atoms with van der Waals surface area (Å²) in [7, 11) is 1.83. The first-order chi connectivity index (χ1) is 11.7. The van der Waals surface area contributed by atoms with Crippen molar-refractivity contribution >= 4 is 11.8 Å². The van der Waals surface area contributed by atoms with Crippen LogP contribution in [0.4, 0.5) is 10.5 Å². The average Bonchev–Trinajstić information content (AvgIpc) is 2.62. The van der Waals surface area contributed by atoms with Gasteiger partial charge in [0.15, 0.2) is 0 Å². The fraction of sp³-hybridized carbons (Fsp3) is 0.632. The molecule has 4 rings (SSSR count). The van der Waals surface area contributed by atoms with Crippen molar-refractivity contribution in [2.24, 2.45) is 0 Å². The number of hydrogen-bond acceptors (Lipinski definition) is 4. The summed E-state index contributed by atoms with van der Waals surface area (Å²) >= 11 is 0. The second-order valence-corrected chi connectivity index (χ2v) is 7.22. The summed E-state index contributed by atoms with van der Waals surface area (Å²) in [6.07, 6.45) is 6.64. The average molecular weight is 330 g/mol. The Kier molecular flexibility index (Phi) is 4.22. The van der Waals surface area contributed by atoms with Gasteiger partial charge in [-0.15, -0.1) is 0 Å². The Labute approximate surface area is 143 Å². The molecule has 2 fully saturated rings. The van der Waals surface area contributed by atoms with Gasteiger partial charge in [0, 0.05) is 44.6 Å². The number of likely N-dealkylation sites (tertiary alicyclic amines) is 1. The first-order valence-corrected chi connectivity index (χ1v) is 9.08. The van der Waals surface area contributed by atoms with E-state index in [4.69, 9.17) is 9.47 Å². The van der Waals surface area contributed by atoms with E-state index < -0.39 is 5.60 Å². The highest BCUT2D eigenvalue weighted by Crippen LogP contribution is 2.44. The summed E-state index contributed by atoms with van der Waals surface area (Å²) in [6.45, 7) is 1.90. The number of anilines is 1. The summed E-state index contributed by atoms with van der Waals surface area (Å²) in [6, 6.07) is 8.54. The fourth-order valence-electron chi connectivity index (χ4n) is 4.72. The molecule has 2 heterocycles. The SMILES string of the molecule is COC1CCCCC1N1CCC2(CC1)OC(=O)Nc1ccccc12. The molecule has 1 aromatic rings. The highest BCUT2D eigenvalue weighted by Gasteiger charge is 2.46. The van der Waals surface area contributed by atoms with Crippen LogP contribution in [0.25, 0.3) is 0 Å². The van der Waals surface area contributed by atoms with Gasteiger partial charge in [0.1, 0.15) is 5.60 Å².